The molecule has 0 aliphatic heterocycles. The van der Waals surface area contributed by atoms with Gasteiger partial charge in [-0.2, -0.15) is 0 Å². The molecule has 1 rings (SSSR count). The van der Waals surface area contributed by atoms with E-state index < -0.39 is 24.3 Å². The van der Waals surface area contributed by atoms with Crippen LogP contribution in [0, 0.1) is 0 Å². The van der Waals surface area contributed by atoms with Gasteiger partial charge in [0.05, 0.1) is 12.7 Å². The van der Waals surface area contributed by atoms with Crippen molar-refractivity contribution in [2.24, 2.45) is 0 Å². The minimum absolute atomic E-state index is 0.0110. The molecule has 0 amide bonds. The minimum Gasteiger partial charge on any atom is -0.463 e. The van der Waals surface area contributed by atoms with Crippen LogP contribution in [0.4, 0.5) is 0 Å². The lowest BCUT2D eigenvalue weighted by molar-refractivity contribution is -0.140. The molecule has 0 aromatic carbocycles. The van der Waals surface area contributed by atoms with Crippen molar-refractivity contribution in [3.63, 3.8) is 0 Å². The number of hydrogen-bond donors (Lipinski definition) is 3. The lowest BCUT2D eigenvalue weighted by Gasteiger charge is -2.26. The molecule has 0 heterocycles. The topological polar surface area (TPSA) is 87.0 Å². The smallest absolute Gasteiger partial charge is 0.333 e. The molecule has 1 aliphatic carbocycles. The van der Waals surface area contributed by atoms with E-state index in [2.05, 4.69) is 0 Å². The zero-order valence-electron chi connectivity index (χ0n) is 7.88. The van der Waals surface area contributed by atoms with E-state index >= 15 is 0 Å². The van der Waals surface area contributed by atoms with Gasteiger partial charge < -0.3 is 20.1 Å². The van der Waals surface area contributed by atoms with Gasteiger partial charge in [-0.25, -0.2) is 4.79 Å². The number of hydrogen-bond acceptors (Lipinski definition) is 5. The maximum atomic E-state index is 11.2. The van der Waals surface area contributed by atoms with Gasteiger partial charge in [0.2, 0.25) is 0 Å². The molecule has 14 heavy (non-hydrogen) atoms. The third-order valence-corrected chi connectivity index (χ3v) is 2.08. The van der Waals surface area contributed by atoms with Crippen molar-refractivity contribution in [1.82, 2.24) is 0 Å². The van der Waals surface area contributed by atoms with Gasteiger partial charge in [-0.15, -0.1) is 0 Å². The fraction of sp³-hybridized carbons (Fsp3) is 0.667. The van der Waals surface area contributed by atoms with E-state index in [4.69, 9.17) is 4.74 Å². The normalized spacial score (nSPS) is 32.3. The predicted octanol–water partition coefficient (Wildman–Crippen LogP) is -1.04. The van der Waals surface area contributed by atoms with Crippen LogP contribution < -0.4 is 0 Å². The number of aliphatic hydroxyl groups is 3. The molecule has 0 radical (unpaired) electrons. The van der Waals surface area contributed by atoms with Gasteiger partial charge in [-0.3, -0.25) is 0 Å². The summed E-state index contributed by atoms with van der Waals surface area (Å²) in [5.41, 5.74) is 0.206. The van der Waals surface area contributed by atoms with Gasteiger partial charge in [0.15, 0.2) is 0 Å². The Hall–Kier alpha value is -0.910. The van der Waals surface area contributed by atoms with Crippen molar-refractivity contribution < 1.29 is 24.9 Å². The maximum Gasteiger partial charge on any atom is 0.333 e. The fourth-order valence-corrected chi connectivity index (χ4v) is 1.32. The van der Waals surface area contributed by atoms with E-state index in [0.717, 1.165) is 0 Å². The third-order valence-electron chi connectivity index (χ3n) is 2.08. The van der Waals surface area contributed by atoms with Crippen molar-refractivity contribution in [3.8, 4) is 0 Å². The van der Waals surface area contributed by atoms with E-state index in [9.17, 15) is 20.1 Å². The Kier molecular flexibility index (Phi) is 3.62. The van der Waals surface area contributed by atoms with Gasteiger partial charge >= 0.3 is 5.97 Å². The van der Waals surface area contributed by atoms with Crippen molar-refractivity contribution in [1.29, 1.82) is 0 Å². The first kappa shape index (κ1) is 11.2. The molecule has 5 nitrogen and oxygen atoms in total. The van der Waals surface area contributed by atoms with Crippen molar-refractivity contribution >= 4 is 5.97 Å². The summed E-state index contributed by atoms with van der Waals surface area (Å²) < 4.78 is 4.70. The number of carbonyl (C=O) groups excluding carboxylic acids is 1. The van der Waals surface area contributed by atoms with Crippen LogP contribution in [0.1, 0.15) is 13.3 Å². The molecule has 0 aromatic rings. The molecule has 3 N–H and O–H groups in total. The van der Waals surface area contributed by atoms with Gasteiger partial charge in [-0.05, 0) is 13.0 Å². The molecule has 0 aromatic heterocycles. The van der Waals surface area contributed by atoms with Gasteiger partial charge in [0.25, 0.3) is 0 Å². The molecular formula is C9H14O5. The number of aliphatic hydroxyl groups excluding tert-OH is 3. The number of rotatable bonds is 2. The molecule has 0 saturated carbocycles. The fourth-order valence-electron chi connectivity index (χ4n) is 1.32. The summed E-state index contributed by atoms with van der Waals surface area (Å²) in [4.78, 5) is 11.2. The van der Waals surface area contributed by atoms with Gasteiger partial charge in [0, 0.05) is 12.0 Å². The van der Waals surface area contributed by atoms with Crippen LogP contribution in [0.5, 0.6) is 0 Å². The standard InChI is InChI=1S/C9H14O5/c1-2-14-9(13)5-3-6(10)8(12)7(11)4-5/h3,6-8,10-12H,2,4H2,1H3/t6-,7-,8-/m1/s1/i9+1,11+2. The highest BCUT2D eigenvalue weighted by Crippen LogP contribution is 2.20. The molecule has 0 spiro atoms. The van der Waals surface area contributed by atoms with Crippen LogP contribution in [0.2, 0.25) is 0 Å². The second-order valence-electron chi connectivity index (χ2n) is 3.17. The summed E-state index contributed by atoms with van der Waals surface area (Å²) in [6, 6.07) is 0. The van der Waals surface area contributed by atoms with Gasteiger partial charge in [-0.1, -0.05) is 0 Å². The van der Waals surface area contributed by atoms with Crippen LogP contribution >= 0.6 is 0 Å². The summed E-state index contributed by atoms with van der Waals surface area (Å²) in [5.74, 6) is -0.558. The molecule has 1 aliphatic rings. The predicted molar refractivity (Wildman–Crippen MR) is 47.4 cm³/mol. The maximum absolute atomic E-state index is 11.2. The Morgan fingerprint density at radius 2 is 2.36 bits per heavy atom. The monoisotopic (exact) mass is 205 g/mol. The molecule has 0 bridgehead atoms. The lowest BCUT2D eigenvalue weighted by Crippen LogP contribution is -2.41. The van der Waals surface area contributed by atoms with Crippen LogP contribution in [-0.4, -0.2) is 46.2 Å². The highest BCUT2D eigenvalue weighted by Gasteiger charge is 2.31. The second kappa shape index (κ2) is 4.54. The summed E-state index contributed by atoms with van der Waals surface area (Å²) in [6.07, 6.45) is -2.33. The van der Waals surface area contributed by atoms with E-state index in [1.165, 1.54) is 6.08 Å². The Labute approximate surface area is 81.6 Å². The van der Waals surface area contributed by atoms with Gasteiger partial charge in [0.1, 0.15) is 12.2 Å². The summed E-state index contributed by atoms with van der Waals surface area (Å²) in [6.45, 7) is 1.91. The zero-order chi connectivity index (χ0) is 10.7. The molecule has 5 heteroatoms. The third kappa shape index (κ3) is 2.31. The average molecular weight is 205 g/mol. The molecule has 0 unspecified atom stereocenters. The van der Waals surface area contributed by atoms with Crippen LogP contribution in [0.3, 0.4) is 0 Å². The first-order chi connectivity index (χ1) is 6.56. The van der Waals surface area contributed by atoms with Crippen LogP contribution in [0.25, 0.3) is 0 Å². The minimum atomic E-state index is -1.23. The number of esters is 1. The molecular weight excluding hydrogens is 191 g/mol. The Balaban J connectivity index is 2.71. The highest BCUT2D eigenvalue weighted by atomic mass is 18.2. The number of carbonyl (C=O) groups is 1. The molecule has 3 atom stereocenters. The number of ether oxygens (including phenoxy) is 1. The van der Waals surface area contributed by atoms with E-state index in [0.29, 0.717) is 0 Å². The first-order valence-electron chi connectivity index (χ1n) is 4.48. The SMILES string of the molecule is CCO[13C](=O)C1=C[C@@H](O)[C@@H](O)[C@H]([18OH])C1. The average Bonchev–Trinajstić information content (AvgIpc) is 2.13. The first-order valence-corrected chi connectivity index (χ1v) is 4.48. The van der Waals surface area contributed by atoms with Crippen LogP contribution in [0.15, 0.2) is 11.6 Å². The molecule has 0 fully saturated rings. The molecule has 80 valence electrons. The molecule has 0 saturated heterocycles. The van der Waals surface area contributed by atoms with E-state index in [1.807, 2.05) is 0 Å². The highest BCUT2D eigenvalue weighted by molar-refractivity contribution is 5.88. The van der Waals surface area contributed by atoms with E-state index in [-0.39, 0.29) is 18.6 Å². The van der Waals surface area contributed by atoms with Crippen molar-refractivity contribution in [3.05, 3.63) is 11.6 Å². The lowest BCUT2D eigenvalue weighted by atomic mass is 9.96. The largest absolute Gasteiger partial charge is 0.463 e. The Bertz CT molecular complexity index is 248. The second-order valence-corrected chi connectivity index (χ2v) is 3.17. The summed E-state index contributed by atoms with van der Waals surface area (Å²) in [5, 5.41) is 27.7. The van der Waals surface area contributed by atoms with Crippen molar-refractivity contribution in [2.45, 2.75) is 31.7 Å². The van der Waals surface area contributed by atoms with E-state index in [1.54, 1.807) is 6.92 Å². The quantitative estimate of drug-likeness (QED) is 0.304. The van der Waals surface area contributed by atoms with Crippen molar-refractivity contribution in [2.75, 3.05) is 6.61 Å². The summed E-state index contributed by atoms with van der Waals surface area (Å²) >= 11 is 0. The van der Waals surface area contributed by atoms with Crippen LogP contribution in [-0.2, 0) is 9.53 Å². The Morgan fingerprint density at radius 1 is 1.71 bits per heavy atom. The zero-order valence-corrected chi connectivity index (χ0v) is 7.88. The summed E-state index contributed by atoms with van der Waals surface area (Å²) in [7, 11) is 0. The Morgan fingerprint density at radius 3 is 2.86 bits per heavy atom.